The van der Waals surface area contributed by atoms with Crippen molar-refractivity contribution in [2.45, 2.75) is 57.5 Å². The highest BCUT2D eigenvalue weighted by Gasteiger charge is 2.44. The lowest BCUT2D eigenvalue weighted by atomic mass is 9.77. The largest absolute Gasteiger partial charge is 0.349 e. The van der Waals surface area contributed by atoms with Crippen LogP contribution in [0.5, 0.6) is 0 Å². The third-order valence-electron chi connectivity index (χ3n) is 8.05. The van der Waals surface area contributed by atoms with E-state index in [1.165, 1.54) is 18.4 Å². The van der Waals surface area contributed by atoms with Crippen molar-refractivity contribution in [3.63, 3.8) is 0 Å². The van der Waals surface area contributed by atoms with Gasteiger partial charge >= 0.3 is 0 Å². The Morgan fingerprint density at radius 3 is 2.46 bits per heavy atom. The predicted molar refractivity (Wildman–Crippen MR) is 139 cm³/mol. The van der Waals surface area contributed by atoms with E-state index in [-0.39, 0.29) is 23.3 Å². The van der Waals surface area contributed by atoms with E-state index in [0.717, 1.165) is 56.0 Å². The molecule has 5 nitrogen and oxygen atoms in total. The number of likely N-dealkylation sites (tertiary alicyclic amines) is 2. The van der Waals surface area contributed by atoms with Crippen LogP contribution in [0.4, 0.5) is 0 Å². The Labute approximate surface area is 213 Å². The van der Waals surface area contributed by atoms with E-state index in [1.54, 1.807) is 0 Å². The zero-order valence-corrected chi connectivity index (χ0v) is 21.2. The zero-order chi connectivity index (χ0) is 24.3. The maximum absolute atomic E-state index is 12.8. The predicted octanol–water partition coefficient (Wildman–Crippen LogP) is 5.20. The van der Waals surface area contributed by atoms with Crippen LogP contribution in [-0.2, 0) is 16.1 Å². The number of benzene rings is 2. The summed E-state index contributed by atoms with van der Waals surface area (Å²) in [5.41, 5.74) is 2.43. The molecule has 2 amide bonds. The molecule has 0 bridgehead atoms. The first-order valence-corrected chi connectivity index (χ1v) is 13.4. The van der Waals surface area contributed by atoms with Gasteiger partial charge in [0.05, 0.1) is 6.04 Å². The number of nitrogens with one attached hydrogen (secondary N) is 1. The van der Waals surface area contributed by atoms with E-state index in [0.29, 0.717) is 25.3 Å². The van der Waals surface area contributed by atoms with Gasteiger partial charge in [-0.2, -0.15) is 0 Å². The molecule has 0 aromatic heterocycles. The summed E-state index contributed by atoms with van der Waals surface area (Å²) in [7, 11) is 0. The molecule has 5 rings (SSSR count). The normalized spacial score (nSPS) is 20.8. The summed E-state index contributed by atoms with van der Waals surface area (Å²) in [4.78, 5) is 29.9. The molecular weight excluding hydrogens is 458 g/mol. The maximum Gasteiger partial charge on any atom is 0.223 e. The van der Waals surface area contributed by atoms with Crippen molar-refractivity contribution in [2.75, 3.05) is 26.2 Å². The lowest BCUT2D eigenvalue weighted by Gasteiger charge is -2.39. The Kier molecular flexibility index (Phi) is 7.45. The van der Waals surface area contributed by atoms with Crippen LogP contribution in [0.3, 0.4) is 0 Å². The van der Waals surface area contributed by atoms with Gasteiger partial charge in [-0.3, -0.25) is 9.59 Å². The van der Waals surface area contributed by atoms with Gasteiger partial charge in [0.2, 0.25) is 11.8 Å². The lowest BCUT2D eigenvalue weighted by molar-refractivity contribution is -0.128. The molecule has 2 aliphatic heterocycles. The first-order chi connectivity index (χ1) is 17.0. The monoisotopic (exact) mass is 493 g/mol. The first kappa shape index (κ1) is 24.3. The van der Waals surface area contributed by atoms with Gasteiger partial charge in [0, 0.05) is 37.5 Å². The van der Waals surface area contributed by atoms with Crippen molar-refractivity contribution in [3.05, 3.63) is 70.7 Å². The van der Waals surface area contributed by atoms with E-state index >= 15 is 0 Å². The molecule has 2 saturated heterocycles. The zero-order valence-electron chi connectivity index (χ0n) is 20.4. The quantitative estimate of drug-likeness (QED) is 0.522. The van der Waals surface area contributed by atoms with Crippen LogP contribution in [0, 0.1) is 11.3 Å². The van der Waals surface area contributed by atoms with Gasteiger partial charge in [0.15, 0.2) is 0 Å². The number of amides is 2. The Hall–Kier alpha value is -2.37. The molecular formula is C29H36ClN3O2. The van der Waals surface area contributed by atoms with Gasteiger partial charge in [-0.05, 0) is 79.8 Å². The summed E-state index contributed by atoms with van der Waals surface area (Å²) in [6, 6.07) is 18.2. The number of carbonyl (C=O) groups excluding carboxylic acids is 2. The Morgan fingerprint density at radius 1 is 1.06 bits per heavy atom. The number of carbonyl (C=O) groups is 2. The highest BCUT2D eigenvalue weighted by molar-refractivity contribution is 6.30. The van der Waals surface area contributed by atoms with Gasteiger partial charge in [-0.15, -0.1) is 0 Å². The van der Waals surface area contributed by atoms with Gasteiger partial charge in [0.25, 0.3) is 0 Å². The van der Waals surface area contributed by atoms with E-state index in [9.17, 15) is 9.59 Å². The summed E-state index contributed by atoms with van der Waals surface area (Å²) in [6.45, 7) is 4.51. The van der Waals surface area contributed by atoms with Crippen LogP contribution in [0.25, 0.3) is 0 Å². The smallest absolute Gasteiger partial charge is 0.223 e. The average molecular weight is 494 g/mol. The van der Waals surface area contributed by atoms with Gasteiger partial charge in [-0.1, -0.05) is 54.1 Å². The van der Waals surface area contributed by atoms with Crippen molar-refractivity contribution in [3.8, 4) is 0 Å². The molecule has 3 aliphatic rings. The van der Waals surface area contributed by atoms with Crippen molar-refractivity contribution in [1.29, 1.82) is 0 Å². The topological polar surface area (TPSA) is 52.7 Å². The number of nitrogens with zero attached hydrogens (tertiary/aromatic N) is 2. The summed E-state index contributed by atoms with van der Waals surface area (Å²) >= 11 is 6.01. The third kappa shape index (κ3) is 6.45. The van der Waals surface area contributed by atoms with Crippen molar-refractivity contribution in [1.82, 2.24) is 15.1 Å². The van der Waals surface area contributed by atoms with Gasteiger partial charge < -0.3 is 15.1 Å². The van der Waals surface area contributed by atoms with Gasteiger partial charge in [0.1, 0.15) is 0 Å². The van der Waals surface area contributed by atoms with Crippen molar-refractivity contribution in [2.24, 2.45) is 11.3 Å². The molecule has 1 saturated carbocycles. The maximum atomic E-state index is 12.8. The minimum Gasteiger partial charge on any atom is -0.349 e. The second kappa shape index (κ2) is 10.7. The van der Waals surface area contributed by atoms with Crippen LogP contribution in [0.1, 0.15) is 62.1 Å². The number of piperidine rings is 1. The Balaban J connectivity index is 1.12. The number of halogens is 1. The molecule has 1 aliphatic carbocycles. The minimum absolute atomic E-state index is 0.0567. The van der Waals surface area contributed by atoms with Crippen molar-refractivity contribution < 1.29 is 9.59 Å². The molecule has 186 valence electrons. The third-order valence-corrected chi connectivity index (χ3v) is 8.30. The Morgan fingerprint density at radius 2 is 1.77 bits per heavy atom. The number of hydrogen-bond acceptors (Lipinski definition) is 3. The molecule has 35 heavy (non-hydrogen) atoms. The molecule has 6 heteroatoms. The van der Waals surface area contributed by atoms with Crippen LogP contribution in [-0.4, -0.2) is 47.8 Å². The second-order valence-corrected chi connectivity index (χ2v) is 11.3. The van der Waals surface area contributed by atoms with Crippen LogP contribution in [0.15, 0.2) is 54.6 Å². The summed E-state index contributed by atoms with van der Waals surface area (Å²) in [5.74, 6) is 1.05. The van der Waals surface area contributed by atoms with E-state index in [4.69, 9.17) is 11.6 Å². The fourth-order valence-electron chi connectivity index (χ4n) is 5.68. The second-order valence-electron chi connectivity index (χ2n) is 10.9. The molecule has 2 heterocycles. The average Bonchev–Trinajstić information content (AvgIpc) is 3.62. The minimum atomic E-state index is 0.0567. The number of hydrogen-bond donors (Lipinski definition) is 1. The SMILES string of the molecule is O=C(CC1CC1)N[C@@H](CCN1CCC2(CC1)CC(=O)N(Cc1ccc(Cl)cc1)C2)c1ccccc1. The molecule has 1 atom stereocenters. The molecule has 0 unspecified atom stereocenters. The fourth-order valence-corrected chi connectivity index (χ4v) is 5.80. The van der Waals surface area contributed by atoms with E-state index < -0.39 is 0 Å². The fraction of sp³-hybridized carbons (Fsp3) is 0.517. The molecule has 3 fully saturated rings. The molecule has 0 radical (unpaired) electrons. The first-order valence-electron chi connectivity index (χ1n) is 13.1. The van der Waals surface area contributed by atoms with E-state index in [1.807, 2.05) is 47.4 Å². The van der Waals surface area contributed by atoms with Crippen molar-refractivity contribution >= 4 is 23.4 Å². The molecule has 1 N–H and O–H groups in total. The molecule has 2 aromatic carbocycles. The Bertz CT molecular complexity index is 1010. The van der Waals surface area contributed by atoms with Crippen LogP contribution >= 0.6 is 11.6 Å². The summed E-state index contributed by atoms with van der Waals surface area (Å²) in [6.07, 6.45) is 6.74. The van der Waals surface area contributed by atoms with Crippen LogP contribution in [0.2, 0.25) is 5.02 Å². The number of rotatable bonds is 9. The van der Waals surface area contributed by atoms with Gasteiger partial charge in [-0.25, -0.2) is 0 Å². The lowest BCUT2D eigenvalue weighted by Crippen LogP contribution is -2.42. The van der Waals surface area contributed by atoms with Crippen LogP contribution < -0.4 is 5.32 Å². The summed E-state index contributed by atoms with van der Waals surface area (Å²) < 4.78 is 0. The summed E-state index contributed by atoms with van der Waals surface area (Å²) in [5, 5.41) is 4.03. The highest BCUT2D eigenvalue weighted by Crippen LogP contribution is 2.41. The molecule has 2 aromatic rings. The standard InChI is InChI=1S/C29H36ClN3O2/c30-25-10-8-23(9-11-25)20-33-21-29(19-28(33)35)13-16-32(17-14-29)15-12-26(24-4-2-1-3-5-24)31-27(34)18-22-6-7-22/h1-5,8-11,22,26H,6-7,12-21H2,(H,31,34)/t26-/m0/s1. The van der Waals surface area contributed by atoms with E-state index in [2.05, 4.69) is 22.3 Å². The molecule has 1 spiro atoms. The highest BCUT2D eigenvalue weighted by atomic mass is 35.5.